The van der Waals surface area contributed by atoms with Crippen LogP contribution >= 0.6 is 0 Å². The van der Waals surface area contributed by atoms with Crippen molar-refractivity contribution in [1.82, 2.24) is 0 Å². The van der Waals surface area contributed by atoms with E-state index in [4.69, 9.17) is 4.74 Å². The molecular weight excluding hydrogens is 324 g/mol. The maximum atomic E-state index is 12.6. The highest BCUT2D eigenvalue weighted by Crippen LogP contribution is 2.42. The van der Waals surface area contributed by atoms with Gasteiger partial charge in [-0.3, -0.25) is 15.0 Å². The summed E-state index contributed by atoms with van der Waals surface area (Å²) < 4.78 is 5.43. The van der Waals surface area contributed by atoms with Gasteiger partial charge >= 0.3 is 6.09 Å². The number of fused-ring (bicyclic) bond motifs is 3. The third-order valence-corrected chi connectivity index (χ3v) is 4.17. The van der Waals surface area contributed by atoms with Crippen molar-refractivity contribution >= 4 is 28.2 Å². The molecule has 1 aliphatic rings. The number of rotatable bonds is 2. The molecule has 1 amide bonds. The number of hydrogen-bond acceptors (Lipinski definition) is 5. The number of nitro groups is 1. The lowest BCUT2D eigenvalue weighted by Gasteiger charge is -2.28. The first kappa shape index (κ1) is 17.2. The van der Waals surface area contributed by atoms with Gasteiger partial charge < -0.3 is 9.84 Å². The molecule has 0 fully saturated rings. The van der Waals surface area contributed by atoms with Gasteiger partial charge in [-0.05, 0) is 44.2 Å². The summed E-state index contributed by atoms with van der Waals surface area (Å²) >= 11 is 0. The molecule has 1 heterocycles. The molecule has 1 atom stereocenters. The van der Waals surface area contributed by atoms with Gasteiger partial charge in [0.25, 0.3) is 5.69 Å². The predicted octanol–water partition coefficient (Wildman–Crippen LogP) is 3.41. The van der Waals surface area contributed by atoms with E-state index >= 15 is 0 Å². The number of carbonyl (C=O) groups excluding carboxylic acids is 1. The van der Waals surface area contributed by atoms with Crippen molar-refractivity contribution in [3.8, 4) is 0 Å². The Kier molecular flexibility index (Phi) is 4.12. The number of amides is 1. The van der Waals surface area contributed by atoms with Crippen molar-refractivity contribution in [2.24, 2.45) is 0 Å². The van der Waals surface area contributed by atoms with Crippen LogP contribution in [0.3, 0.4) is 0 Å². The van der Waals surface area contributed by atoms with Gasteiger partial charge in [0, 0.05) is 6.07 Å². The highest BCUT2D eigenvalue weighted by atomic mass is 16.6. The zero-order valence-corrected chi connectivity index (χ0v) is 14.4. The number of anilines is 1. The molecule has 1 unspecified atom stereocenters. The number of carbonyl (C=O) groups is 1. The summed E-state index contributed by atoms with van der Waals surface area (Å²) in [6.45, 7) is 4.99. The molecule has 2 aromatic carbocycles. The molecule has 0 bridgehead atoms. The monoisotopic (exact) mass is 344 g/mol. The van der Waals surface area contributed by atoms with E-state index in [1.165, 1.54) is 11.0 Å². The van der Waals surface area contributed by atoms with Gasteiger partial charge in [0.05, 0.1) is 28.6 Å². The summed E-state index contributed by atoms with van der Waals surface area (Å²) in [5, 5.41) is 22.5. The summed E-state index contributed by atoms with van der Waals surface area (Å²) in [6.07, 6.45) is -0.196. The van der Waals surface area contributed by atoms with Crippen molar-refractivity contribution in [3.05, 3.63) is 46.0 Å². The minimum Gasteiger partial charge on any atom is -0.443 e. The maximum Gasteiger partial charge on any atom is 0.415 e. The van der Waals surface area contributed by atoms with E-state index in [-0.39, 0.29) is 12.3 Å². The largest absolute Gasteiger partial charge is 0.443 e. The van der Waals surface area contributed by atoms with Crippen molar-refractivity contribution in [2.75, 3.05) is 11.5 Å². The molecule has 7 heteroatoms. The topological polar surface area (TPSA) is 92.9 Å². The Morgan fingerprint density at radius 3 is 2.56 bits per heavy atom. The van der Waals surface area contributed by atoms with Crippen molar-refractivity contribution < 1.29 is 19.6 Å². The Morgan fingerprint density at radius 1 is 1.36 bits per heavy atom. The molecule has 1 N–H and O–H groups in total. The number of benzene rings is 2. The van der Waals surface area contributed by atoms with E-state index in [2.05, 4.69) is 0 Å². The standard InChI is InChI=1S/C18H20N2O5/c1-18(2,3)25-17(22)19-11(10-21)8-14-12-6-4-5-7-13(12)16(20(23)24)9-15(14)19/h4-7,9,11,21H,8,10H2,1-3H3. The summed E-state index contributed by atoms with van der Waals surface area (Å²) in [6, 6.07) is 7.93. The van der Waals surface area contributed by atoms with Crippen LogP contribution in [-0.2, 0) is 11.2 Å². The van der Waals surface area contributed by atoms with Crippen LogP contribution < -0.4 is 4.90 Å². The minimum atomic E-state index is -0.706. The van der Waals surface area contributed by atoms with Crippen LogP contribution in [0.5, 0.6) is 0 Å². The van der Waals surface area contributed by atoms with Crippen LogP contribution in [0.1, 0.15) is 26.3 Å². The van der Waals surface area contributed by atoms with Gasteiger partial charge in [0.1, 0.15) is 5.60 Å². The van der Waals surface area contributed by atoms with Crippen LogP contribution in [-0.4, -0.2) is 34.4 Å². The number of nitrogens with zero attached hydrogens (tertiary/aromatic N) is 2. The molecule has 7 nitrogen and oxygen atoms in total. The summed E-state index contributed by atoms with van der Waals surface area (Å²) in [5.41, 5.74) is 0.467. The number of aliphatic hydroxyl groups excluding tert-OH is 1. The van der Waals surface area contributed by atoms with E-state index < -0.39 is 22.7 Å². The van der Waals surface area contributed by atoms with Crippen LogP contribution in [0, 0.1) is 10.1 Å². The summed E-state index contributed by atoms with van der Waals surface area (Å²) in [7, 11) is 0. The highest BCUT2D eigenvalue weighted by Gasteiger charge is 2.38. The van der Waals surface area contributed by atoms with E-state index in [9.17, 15) is 20.0 Å². The molecule has 0 saturated carbocycles. The average Bonchev–Trinajstić information content (AvgIpc) is 2.91. The average molecular weight is 344 g/mol. The van der Waals surface area contributed by atoms with Gasteiger partial charge in [-0.1, -0.05) is 18.2 Å². The maximum absolute atomic E-state index is 12.6. The quantitative estimate of drug-likeness (QED) is 0.666. The second-order valence-corrected chi connectivity index (χ2v) is 7.09. The fourth-order valence-electron chi connectivity index (χ4n) is 3.21. The van der Waals surface area contributed by atoms with Gasteiger partial charge in [-0.2, -0.15) is 0 Å². The molecule has 0 radical (unpaired) electrons. The van der Waals surface area contributed by atoms with Gasteiger partial charge in [-0.15, -0.1) is 0 Å². The van der Waals surface area contributed by atoms with E-state index in [1.54, 1.807) is 45.0 Å². The van der Waals surface area contributed by atoms with Gasteiger partial charge in [0.15, 0.2) is 0 Å². The second kappa shape index (κ2) is 6.00. The van der Waals surface area contributed by atoms with Crippen molar-refractivity contribution in [2.45, 2.75) is 38.8 Å². The Balaban J connectivity index is 2.19. The number of hydrogen-bond donors (Lipinski definition) is 1. The molecule has 2 aromatic rings. The lowest BCUT2D eigenvalue weighted by Crippen LogP contribution is -2.43. The molecule has 3 rings (SSSR count). The first-order chi connectivity index (χ1) is 11.7. The molecule has 25 heavy (non-hydrogen) atoms. The van der Waals surface area contributed by atoms with Crippen LogP contribution in [0.15, 0.2) is 30.3 Å². The SMILES string of the molecule is CC(C)(C)OC(=O)N1c2cc([N+](=O)[O-])c3ccccc3c2CC1CO. The molecule has 1 aliphatic heterocycles. The van der Waals surface area contributed by atoms with Crippen molar-refractivity contribution in [3.63, 3.8) is 0 Å². The minimum absolute atomic E-state index is 0.0681. The van der Waals surface area contributed by atoms with Gasteiger partial charge in [-0.25, -0.2) is 4.79 Å². The van der Waals surface area contributed by atoms with Crippen molar-refractivity contribution in [1.29, 1.82) is 0 Å². The van der Waals surface area contributed by atoms with E-state index in [1.807, 2.05) is 0 Å². The van der Waals surface area contributed by atoms with Crippen LogP contribution in [0.2, 0.25) is 0 Å². The summed E-state index contributed by atoms with van der Waals surface area (Å²) in [5.74, 6) is 0. The Bertz CT molecular complexity index is 856. The second-order valence-electron chi connectivity index (χ2n) is 7.09. The lowest BCUT2D eigenvalue weighted by molar-refractivity contribution is -0.383. The highest BCUT2D eigenvalue weighted by molar-refractivity contribution is 6.03. The smallest absolute Gasteiger partial charge is 0.415 e. The molecule has 0 saturated heterocycles. The van der Waals surface area contributed by atoms with E-state index in [0.717, 1.165) is 10.9 Å². The fourth-order valence-corrected chi connectivity index (χ4v) is 3.21. The molecule has 0 aromatic heterocycles. The molecule has 0 spiro atoms. The predicted molar refractivity (Wildman–Crippen MR) is 93.9 cm³/mol. The number of nitro benzene ring substituents is 1. The fraction of sp³-hybridized carbons (Fsp3) is 0.389. The first-order valence-corrected chi connectivity index (χ1v) is 8.05. The molecule has 0 aliphatic carbocycles. The normalized spacial score (nSPS) is 16.8. The molecule has 132 valence electrons. The molecular formula is C18H20N2O5. The third kappa shape index (κ3) is 3.02. The number of non-ortho nitro benzene ring substituents is 1. The number of aliphatic hydroxyl groups is 1. The first-order valence-electron chi connectivity index (χ1n) is 8.05. The zero-order valence-electron chi connectivity index (χ0n) is 14.4. The van der Waals surface area contributed by atoms with Gasteiger partial charge in [0.2, 0.25) is 0 Å². The lowest BCUT2D eigenvalue weighted by atomic mass is 9.99. The zero-order chi connectivity index (χ0) is 18.4. The summed E-state index contributed by atoms with van der Waals surface area (Å²) in [4.78, 5) is 25.0. The number of ether oxygens (including phenoxy) is 1. The van der Waals surface area contributed by atoms with Crippen LogP contribution in [0.4, 0.5) is 16.2 Å². The van der Waals surface area contributed by atoms with E-state index in [0.29, 0.717) is 17.5 Å². The third-order valence-electron chi connectivity index (χ3n) is 4.17. The Morgan fingerprint density at radius 2 is 2.00 bits per heavy atom. The Hall–Kier alpha value is -2.67. The van der Waals surface area contributed by atoms with Crippen LogP contribution in [0.25, 0.3) is 10.8 Å². The Labute approximate surface area is 145 Å².